The van der Waals surface area contributed by atoms with Gasteiger partial charge in [-0.15, -0.1) is 0 Å². The van der Waals surface area contributed by atoms with E-state index in [1.807, 2.05) is 0 Å². The summed E-state index contributed by atoms with van der Waals surface area (Å²) in [5.41, 5.74) is 0.410. The summed E-state index contributed by atoms with van der Waals surface area (Å²) in [7, 11) is 1.45. The van der Waals surface area contributed by atoms with Crippen LogP contribution in [-0.4, -0.2) is 22.1 Å². The van der Waals surface area contributed by atoms with Crippen LogP contribution in [0.25, 0.3) is 0 Å². The molecule has 1 aromatic carbocycles. The maximum atomic E-state index is 10.8. The van der Waals surface area contributed by atoms with E-state index in [9.17, 15) is 15.2 Å². The average molecular weight is 290 g/mol. The number of non-ortho nitro benzene ring substituents is 1. The highest BCUT2D eigenvalue weighted by molar-refractivity contribution is 5.50. The Bertz CT molecular complexity index is 640. The SMILES string of the molecule is COc1ccc([N+](=O)[O-])cc1Oc1ccc(C(C)O)nc1. The predicted octanol–water partition coefficient (Wildman–Crippen LogP) is 2.84. The molecule has 0 spiro atoms. The van der Waals surface area contributed by atoms with Gasteiger partial charge in [-0.1, -0.05) is 0 Å². The van der Waals surface area contributed by atoms with E-state index in [0.717, 1.165) is 0 Å². The highest BCUT2D eigenvalue weighted by Gasteiger charge is 2.13. The van der Waals surface area contributed by atoms with Crippen molar-refractivity contribution in [1.29, 1.82) is 0 Å². The lowest BCUT2D eigenvalue weighted by Crippen LogP contribution is -1.96. The molecule has 0 bridgehead atoms. The molecule has 1 N–H and O–H groups in total. The normalized spacial score (nSPS) is 11.8. The molecule has 110 valence electrons. The van der Waals surface area contributed by atoms with Crippen LogP contribution in [0, 0.1) is 10.1 Å². The second kappa shape index (κ2) is 6.19. The van der Waals surface area contributed by atoms with E-state index < -0.39 is 11.0 Å². The number of methoxy groups -OCH3 is 1. The number of hydrogen-bond acceptors (Lipinski definition) is 6. The standard InChI is InChI=1S/C14H14N2O5/c1-9(17)12-5-4-11(8-15-12)21-14-7-10(16(18)19)3-6-13(14)20-2/h3-9,17H,1-2H3. The predicted molar refractivity (Wildman–Crippen MR) is 74.6 cm³/mol. The molecule has 0 fully saturated rings. The molecule has 1 unspecified atom stereocenters. The molecule has 1 heterocycles. The lowest BCUT2D eigenvalue weighted by molar-refractivity contribution is -0.384. The molecule has 0 aliphatic heterocycles. The van der Waals surface area contributed by atoms with Crippen molar-refractivity contribution in [3.05, 3.63) is 52.3 Å². The largest absolute Gasteiger partial charge is 0.493 e. The Hall–Kier alpha value is -2.67. The van der Waals surface area contributed by atoms with Gasteiger partial charge in [0.15, 0.2) is 11.5 Å². The van der Waals surface area contributed by atoms with Gasteiger partial charge in [-0.05, 0) is 25.1 Å². The quantitative estimate of drug-likeness (QED) is 0.672. The number of aromatic nitrogens is 1. The molecule has 2 aromatic rings. The van der Waals surface area contributed by atoms with E-state index in [0.29, 0.717) is 17.2 Å². The van der Waals surface area contributed by atoms with E-state index in [1.54, 1.807) is 19.1 Å². The van der Waals surface area contributed by atoms with Crippen LogP contribution in [-0.2, 0) is 0 Å². The zero-order chi connectivity index (χ0) is 15.4. The van der Waals surface area contributed by atoms with Crippen LogP contribution in [0.15, 0.2) is 36.5 Å². The fraction of sp³-hybridized carbons (Fsp3) is 0.214. The Kier molecular flexibility index (Phi) is 4.34. The zero-order valence-electron chi connectivity index (χ0n) is 11.5. The molecule has 0 aliphatic carbocycles. The highest BCUT2D eigenvalue weighted by atomic mass is 16.6. The maximum Gasteiger partial charge on any atom is 0.273 e. The topological polar surface area (TPSA) is 94.7 Å². The summed E-state index contributed by atoms with van der Waals surface area (Å²) >= 11 is 0. The van der Waals surface area contributed by atoms with Crippen LogP contribution in [0.2, 0.25) is 0 Å². The third kappa shape index (κ3) is 3.46. The molecule has 0 amide bonds. The van der Waals surface area contributed by atoms with Crippen molar-refractivity contribution in [2.75, 3.05) is 7.11 Å². The second-order valence-electron chi connectivity index (χ2n) is 4.29. The van der Waals surface area contributed by atoms with E-state index in [4.69, 9.17) is 9.47 Å². The maximum absolute atomic E-state index is 10.8. The molecule has 7 heteroatoms. The van der Waals surface area contributed by atoms with Crippen LogP contribution in [0.5, 0.6) is 17.2 Å². The van der Waals surface area contributed by atoms with Crippen LogP contribution >= 0.6 is 0 Å². The first kappa shape index (κ1) is 14.7. The number of nitrogens with zero attached hydrogens (tertiary/aromatic N) is 2. The summed E-state index contributed by atoms with van der Waals surface area (Å²) in [5.74, 6) is 0.983. The number of aliphatic hydroxyl groups is 1. The van der Waals surface area contributed by atoms with Gasteiger partial charge in [0.05, 0.1) is 36.1 Å². The first-order chi connectivity index (χ1) is 10.0. The molecular weight excluding hydrogens is 276 g/mol. The molecule has 0 saturated heterocycles. The second-order valence-corrected chi connectivity index (χ2v) is 4.29. The summed E-state index contributed by atoms with van der Waals surface area (Å²) in [5, 5.41) is 20.2. The number of benzene rings is 1. The number of nitro groups is 1. The average Bonchev–Trinajstić information content (AvgIpc) is 2.47. The number of aliphatic hydroxyl groups excluding tert-OH is 1. The van der Waals surface area contributed by atoms with Gasteiger partial charge in [-0.2, -0.15) is 0 Å². The van der Waals surface area contributed by atoms with Crippen molar-refractivity contribution in [3.63, 3.8) is 0 Å². The minimum Gasteiger partial charge on any atom is -0.493 e. The van der Waals surface area contributed by atoms with Crippen molar-refractivity contribution in [1.82, 2.24) is 4.98 Å². The third-order valence-corrected chi connectivity index (χ3v) is 2.77. The summed E-state index contributed by atoms with van der Waals surface area (Å²) in [4.78, 5) is 14.3. The monoisotopic (exact) mass is 290 g/mol. The Morgan fingerprint density at radius 3 is 2.57 bits per heavy atom. The number of pyridine rings is 1. The van der Waals surface area contributed by atoms with Gasteiger partial charge >= 0.3 is 0 Å². The van der Waals surface area contributed by atoms with Crippen LogP contribution in [0.4, 0.5) is 5.69 Å². The number of ether oxygens (including phenoxy) is 2. The molecule has 21 heavy (non-hydrogen) atoms. The molecule has 1 aromatic heterocycles. The van der Waals surface area contributed by atoms with Crippen LogP contribution in [0.1, 0.15) is 18.7 Å². The molecule has 7 nitrogen and oxygen atoms in total. The van der Waals surface area contributed by atoms with Crippen molar-refractivity contribution < 1.29 is 19.5 Å². The number of hydrogen-bond donors (Lipinski definition) is 1. The van der Waals surface area contributed by atoms with Crippen molar-refractivity contribution in [2.24, 2.45) is 0 Å². The first-order valence-corrected chi connectivity index (χ1v) is 6.15. The van der Waals surface area contributed by atoms with Crippen molar-refractivity contribution in [2.45, 2.75) is 13.0 Å². The van der Waals surface area contributed by atoms with Gasteiger partial charge < -0.3 is 14.6 Å². The lowest BCUT2D eigenvalue weighted by Gasteiger charge is -2.10. The molecule has 1 atom stereocenters. The van der Waals surface area contributed by atoms with E-state index in [2.05, 4.69) is 4.98 Å². The smallest absolute Gasteiger partial charge is 0.273 e. The summed E-state index contributed by atoms with van der Waals surface area (Å²) in [6.07, 6.45) is 0.756. The highest BCUT2D eigenvalue weighted by Crippen LogP contribution is 2.34. The first-order valence-electron chi connectivity index (χ1n) is 6.15. The van der Waals surface area contributed by atoms with Gasteiger partial charge in [-0.25, -0.2) is 0 Å². The van der Waals surface area contributed by atoms with E-state index in [1.165, 1.54) is 31.5 Å². The van der Waals surface area contributed by atoms with E-state index >= 15 is 0 Å². The molecule has 0 radical (unpaired) electrons. The van der Waals surface area contributed by atoms with Gasteiger partial charge in [0, 0.05) is 6.07 Å². The van der Waals surface area contributed by atoms with Crippen LogP contribution < -0.4 is 9.47 Å². The van der Waals surface area contributed by atoms with Gasteiger partial charge in [-0.3, -0.25) is 15.1 Å². The van der Waals surface area contributed by atoms with Crippen LogP contribution in [0.3, 0.4) is 0 Å². The lowest BCUT2D eigenvalue weighted by atomic mass is 10.2. The Labute approximate surface area is 120 Å². The number of nitro benzene ring substituents is 1. The summed E-state index contributed by atoms with van der Waals surface area (Å²) in [6.45, 7) is 1.60. The summed E-state index contributed by atoms with van der Waals surface area (Å²) in [6, 6.07) is 7.31. The molecule has 2 rings (SSSR count). The Balaban J connectivity index is 2.29. The Morgan fingerprint density at radius 2 is 2.05 bits per heavy atom. The minimum absolute atomic E-state index is 0.0978. The molecule has 0 aliphatic rings. The van der Waals surface area contributed by atoms with Crippen molar-refractivity contribution in [3.8, 4) is 17.2 Å². The van der Waals surface area contributed by atoms with E-state index in [-0.39, 0.29) is 11.4 Å². The fourth-order valence-electron chi connectivity index (χ4n) is 1.68. The van der Waals surface area contributed by atoms with Gasteiger partial charge in [0.1, 0.15) is 5.75 Å². The zero-order valence-corrected chi connectivity index (χ0v) is 11.5. The minimum atomic E-state index is -0.675. The summed E-state index contributed by atoms with van der Waals surface area (Å²) < 4.78 is 10.7. The number of rotatable bonds is 5. The Morgan fingerprint density at radius 1 is 1.29 bits per heavy atom. The molecular formula is C14H14N2O5. The molecule has 0 saturated carbocycles. The van der Waals surface area contributed by atoms with Crippen molar-refractivity contribution >= 4 is 5.69 Å². The van der Waals surface area contributed by atoms with Gasteiger partial charge in [0.25, 0.3) is 5.69 Å². The fourth-order valence-corrected chi connectivity index (χ4v) is 1.68. The van der Waals surface area contributed by atoms with Gasteiger partial charge in [0.2, 0.25) is 0 Å². The third-order valence-electron chi connectivity index (χ3n) is 2.77.